The average molecular weight is 673 g/mol. The van der Waals surface area contributed by atoms with E-state index in [0.29, 0.717) is 74.9 Å². The molecule has 0 saturated carbocycles. The molecule has 1 aromatic heterocycles. The van der Waals surface area contributed by atoms with Crippen LogP contribution in [0.5, 0.6) is 34.5 Å². The Labute approximate surface area is 281 Å². The van der Waals surface area contributed by atoms with Gasteiger partial charge in [-0.25, -0.2) is 9.79 Å². The number of rotatable bonds is 12. The first-order chi connectivity index (χ1) is 23.3. The Balaban J connectivity index is 1.37. The number of thiazole rings is 1. The number of aromatic nitrogens is 1. The molecule has 2 aliphatic heterocycles. The predicted molar refractivity (Wildman–Crippen MR) is 179 cm³/mol. The van der Waals surface area contributed by atoms with Crippen LogP contribution in [0.4, 0.5) is 0 Å². The van der Waals surface area contributed by atoms with Crippen molar-refractivity contribution in [1.29, 1.82) is 0 Å². The van der Waals surface area contributed by atoms with Gasteiger partial charge in [0.05, 0.1) is 48.8 Å². The van der Waals surface area contributed by atoms with E-state index in [1.54, 1.807) is 55.9 Å². The van der Waals surface area contributed by atoms with E-state index in [-0.39, 0.29) is 24.5 Å². The van der Waals surface area contributed by atoms with E-state index in [1.165, 1.54) is 11.3 Å². The number of allylic oxidation sites excluding steroid dienone is 1. The molecule has 11 nitrogen and oxygen atoms in total. The number of carbonyl (C=O) groups is 1. The smallest absolute Gasteiger partial charge is 0.338 e. The van der Waals surface area contributed by atoms with E-state index in [1.807, 2.05) is 44.2 Å². The monoisotopic (exact) mass is 672 g/mol. The van der Waals surface area contributed by atoms with Gasteiger partial charge in [0.2, 0.25) is 6.79 Å². The first-order valence-electron chi connectivity index (χ1n) is 15.6. The highest BCUT2D eigenvalue weighted by Gasteiger charge is 2.34. The lowest BCUT2D eigenvalue weighted by Gasteiger charge is -2.25. The van der Waals surface area contributed by atoms with Crippen LogP contribution in [-0.4, -0.2) is 44.3 Å². The molecule has 3 heterocycles. The molecule has 48 heavy (non-hydrogen) atoms. The fourth-order valence-corrected chi connectivity index (χ4v) is 6.63. The second-order valence-corrected chi connectivity index (χ2v) is 11.8. The third-order valence-electron chi connectivity index (χ3n) is 7.72. The zero-order valence-electron chi connectivity index (χ0n) is 27.4. The molecule has 250 valence electrons. The lowest BCUT2D eigenvalue weighted by Crippen LogP contribution is -2.40. The fourth-order valence-electron chi connectivity index (χ4n) is 5.58. The molecule has 12 heteroatoms. The van der Waals surface area contributed by atoms with Crippen molar-refractivity contribution in [2.75, 3.05) is 33.7 Å². The first kappa shape index (κ1) is 32.7. The molecule has 0 spiro atoms. The molecule has 4 aromatic rings. The molecule has 6 rings (SSSR count). The molecule has 1 atom stereocenters. The molecule has 0 fully saturated rings. The quantitative estimate of drug-likeness (QED) is 0.194. The van der Waals surface area contributed by atoms with Crippen LogP contribution in [0.25, 0.3) is 6.08 Å². The van der Waals surface area contributed by atoms with Crippen LogP contribution in [0, 0.1) is 0 Å². The molecule has 2 aliphatic rings. The van der Waals surface area contributed by atoms with Gasteiger partial charge in [0.1, 0.15) is 6.61 Å². The summed E-state index contributed by atoms with van der Waals surface area (Å²) in [6.07, 6.45) is 1.78. The highest BCUT2D eigenvalue weighted by atomic mass is 32.1. The van der Waals surface area contributed by atoms with Crippen LogP contribution in [0.15, 0.2) is 75.7 Å². The Bertz CT molecular complexity index is 2060. The van der Waals surface area contributed by atoms with Crippen LogP contribution >= 0.6 is 11.3 Å². The third-order valence-corrected chi connectivity index (χ3v) is 8.70. The molecule has 0 radical (unpaired) electrons. The summed E-state index contributed by atoms with van der Waals surface area (Å²) in [5, 5.41) is 0. The van der Waals surface area contributed by atoms with Gasteiger partial charge in [-0.2, -0.15) is 0 Å². The topological polar surface area (TPSA) is 116 Å². The van der Waals surface area contributed by atoms with Gasteiger partial charge in [0.25, 0.3) is 5.56 Å². The second-order valence-electron chi connectivity index (χ2n) is 10.8. The minimum Gasteiger partial charge on any atom is -0.493 e. The maximum absolute atomic E-state index is 14.2. The number of hydrogen-bond acceptors (Lipinski definition) is 11. The zero-order chi connectivity index (χ0) is 33.8. The van der Waals surface area contributed by atoms with Crippen molar-refractivity contribution >= 4 is 23.4 Å². The lowest BCUT2D eigenvalue weighted by atomic mass is 9.95. The number of methoxy groups -OCH3 is 1. The van der Waals surface area contributed by atoms with Crippen LogP contribution in [-0.2, 0) is 16.1 Å². The lowest BCUT2D eigenvalue weighted by molar-refractivity contribution is -0.139. The number of fused-ring (bicyclic) bond motifs is 2. The molecule has 0 bridgehead atoms. The summed E-state index contributed by atoms with van der Waals surface area (Å²) in [6.45, 7) is 8.82. The van der Waals surface area contributed by atoms with Gasteiger partial charge < -0.3 is 33.2 Å². The van der Waals surface area contributed by atoms with Crippen molar-refractivity contribution in [3.8, 4) is 34.5 Å². The van der Waals surface area contributed by atoms with Crippen LogP contribution < -0.4 is 43.3 Å². The minimum absolute atomic E-state index is 0.179. The van der Waals surface area contributed by atoms with Gasteiger partial charge in [-0.3, -0.25) is 9.36 Å². The summed E-state index contributed by atoms with van der Waals surface area (Å²) in [5.74, 6) is 3.00. The van der Waals surface area contributed by atoms with Gasteiger partial charge in [-0.15, -0.1) is 0 Å². The third kappa shape index (κ3) is 6.48. The number of esters is 1. The number of ether oxygens (including phenoxy) is 7. The molecule has 0 amide bonds. The predicted octanol–water partition coefficient (Wildman–Crippen LogP) is 4.91. The standard InChI is InChI=1S/C36H36N2O9S/c1-6-42-26-14-11-24(18-30(26)43-7-2)33-32(35(40)44-8-3)21(4)37-36-38(33)34(39)31(48-36)17-22-9-12-25(28(15-22)41-5)45-19-23-10-13-27-29(16-23)47-20-46-27/h9-18,33H,6-8,19-20H2,1-5H3/b31-17-/t33-/m1/s1. The normalized spacial score (nSPS) is 15.1. The van der Waals surface area contributed by atoms with E-state index < -0.39 is 12.0 Å². The van der Waals surface area contributed by atoms with Crippen molar-refractivity contribution in [2.45, 2.75) is 40.3 Å². The summed E-state index contributed by atoms with van der Waals surface area (Å²) in [6, 6.07) is 15.8. The van der Waals surface area contributed by atoms with Gasteiger partial charge in [0, 0.05) is 0 Å². The number of hydrogen-bond donors (Lipinski definition) is 0. The molecular weight excluding hydrogens is 636 g/mol. The number of nitrogens with zero attached hydrogens (tertiary/aromatic N) is 2. The van der Waals surface area contributed by atoms with Crippen molar-refractivity contribution in [1.82, 2.24) is 4.57 Å². The van der Waals surface area contributed by atoms with Gasteiger partial charge in [0.15, 0.2) is 39.3 Å². The zero-order valence-corrected chi connectivity index (χ0v) is 28.2. The Morgan fingerprint density at radius 3 is 2.44 bits per heavy atom. The Kier molecular flexibility index (Phi) is 9.72. The van der Waals surface area contributed by atoms with E-state index in [0.717, 1.165) is 11.1 Å². The number of carbonyl (C=O) groups excluding carboxylic acids is 1. The Hall–Kier alpha value is -5.23. The molecule has 0 N–H and O–H groups in total. The van der Waals surface area contributed by atoms with Crippen molar-refractivity contribution < 1.29 is 38.0 Å². The summed E-state index contributed by atoms with van der Waals surface area (Å²) in [4.78, 5) is 32.6. The van der Waals surface area contributed by atoms with Crippen molar-refractivity contribution in [3.05, 3.63) is 102 Å². The van der Waals surface area contributed by atoms with Crippen LogP contribution in [0.3, 0.4) is 0 Å². The minimum atomic E-state index is -0.793. The van der Waals surface area contributed by atoms with Gasteiger partial charge in [-0.1, -0.05) is 29.5 Å². The van der Waals surface area contributed by atoms with Crippen molar-refractivity contribution in [2.24, 2.45) is 4.99 Å². The molecule has 0 aliphatic carbocycles. The van der Waals surface area contributed by atoms with Crippen LogP contribution in [0.1, 0.15) is 50.4 Å². The Morgan fingerprint density at radius 1 is 0.917 bits per heavy atom. The van der Waals surface area contributed by atoms with E-state index in [2.05, 4.69) is 4.99 Å². The largest absolute Gasteiger partial charge is 0.493 e. The average Bonchev–Trinajstić information content (AvgIpc) is 3.67. The molecular formula is C36H36N2O9S. The Morgan fingerprint density at radius 2 is 1.67 bits per heavy atom. The highest BCUT2D eigenvalue weighted by Crippen LogP contribution is 2.37. The maximum Gasteiger partial charge on any atom is 0.338 e. The van der Waals surface area contributed by atoms with Crippen LogP contribution in [0.2, 0.25) is 0 Å². The van der Waals surface area contributed by atoms with E-state index >= 15 is 0 Å². The van der Waals surface area contributed by atoms with Gasteiger partial charge in [-0.05, 0) is 86.9 Å². The molecule has 0 saturated heterocycles. The maximum atomic E-state index is 14.2. The molecule has 0 unspecified atom stereocenters. The van der Waals surface area contributed by atoms with E-state index in [9.17, 15) is 9.59 Å². The SMILES string of the molecule is CCOC(=O)C1=C(C)N=c2s/c(=C\c3ccc(OCc4ccc5c(c4)OCO5)c(OC)c3)c(=O)n2[C@@H]1c1ccc(OCC)c(OCC)c1. The molecule has 3 aromatic carbocycles. The summed E-state index contributed by atoms with van der Waals surface area (Å²) < 4.78 is 41.6. The second kappa shape index (κ2) is 14.3. The van der Waals surface area contributed by atoms with Crippen molar-refractivity contribution in [3.63, 3.8) is 0 Å². The summed E-state index contributed by atoms with van der Waals surface area (Å²) in [5.41, 5.74) is 2.77. The fraction of sp³-hybridized carbons (Fsp3) is 0.306. The first-order valence-corrected chi connectivity index (χ1v) is 16.4. The summed E-state index contributed by atoms with van der Waals surface area (Å²) in [7, 11) is 1.56. The number of benzene rings is 3. The van der Waals surface area contributed by atoms with E-state index in [4.69, 9.17) is 33.2 Å². The van der Waals surface area contributed by atoms with Gasteiger partial charge >= 0.3 is 5.97 Å². The highest BCUT2D eigenvalue weighted by molar-refractivity contribution is 7.07. The summed E-state index contributed by atoms with van der Waals surface area (Å²) >= 11 is 1.24.